The van der Waals surface area contributed by atoms with Crippen molar-refractivity contribution in [2.75, 3.05) is 13.1 Å². The molecule has 3 rings (SSSR count). The minimum Gasteiger partial charge on any atom is -0.338 e. The Morgan fingerprint density at radius 1 is 1.03 bits per heavy atom. The lowest BCUT2D eigenvalue weighted by atomic mass is 9.99. The monoisotopic (exact) mass is 393 g/mol. The van der Waals surface area contributed by atoms with Crippen LogP contribution in [0.25, 0.3) is 0 Å². The van der Waals surface area contributed by atoms with Crippen molar-refractivity contribution in [2.24, 2.45) is 0 Å². The Morgan fingerprint density at radius 2 is 1.76 bits per heavy atom. The molecule has 2 aromatic rings. The van der Waals surface area contributed by atoms with Crippen LogP contribution in [0.15, 0.2) is 54.6 Å². The number of carbonyl (C=O) groups is 2. The van der Waals surface area contributed by atoms with Gasteiger partial charge in [-0.25, -0.2) is 4.79 Å². The summed E-state index contributed by atoms with van der Waals surface area (Å²) in [5.74, 6) is 0.164. The predicted molar refractivity (Wildman–Crippen MR) is 116 cm³/mol. The van der Waals surface area contributed by atoms with Gasteiger partial charge in [-0.2, -0.15) is 0 Å². The van der Waals surface area contributed by atoms with Crippen molar-refractivity contribution in [3.05, 3.63) is 71.3 Å². The van der Waals surface area contributed by atoms with Crippen molar-refractivity contribution in [1.29, 1.82) is 0 Å². The molecule has 2 N–H and O–H groups in total. The van der Waals surface area contributed by atoms with Crippen LogP contribution < -0.4 is 10.6 Å². The molecule has 5 heteroatoms. The van der Waals surface area contributed by atoms with Gasteiger partial charge in [-0.15, -0.1) is 0 Å². The standard InChI is InChI=1S/C24H31N3O2/c1-2-22(17-19-9-4-3-5-10-19)26-24(29)25-15-8-13-23(28)27-16-14-20-11-6-7-12-21(20)18-27/h3-7,9-12,22H,2,8,13-18H2,1H3,(H2,25,26,29). The molecule has 1 heterocycles. The summed E-state index contributed by atoms with van der Waals surface area (Å²) in [5, 5.41) is 5.92. The van der Waals surface area contributed by atoms with Crippen LogP contribution >= 0.6 is 0 Å². The largest absolute Gasteiger partial charge is 0.338 e. The van der Waals surface area contributed by atoms with Gasteiger partial charge >= 0.3 is 6.03 Å². The lowest BCUT2D eigenvalue weighted by molar-refractivity contribution is -0.132. The van der Waals surface area contributed by atoms with Crippen LogP contribution in [0.3, 0.4) is 0 Å². The van der Waals surface area contributed by atoms with Gasteiger partial charge in [-0.3, -0.25) is 4.79 Å². The number of urea groups is 1. The molecule has 0 radical (unpaired) electrons. The molecule has 0 aromatic heterocycles. The van der Waals surface area contributed by atoms with Crippen LogP contribution in [0.1, 0.15) is 42.9 Å². The van der Waals surface area contributed by atoms with Crippen molar-refractivity contribution in [3.8, 4) is 0 Å². The minimum absolute atomic E-state index is 0.104. The van der Waals surface area contributed by atoms with E-state index >= 15 is 0 Å². The normalized spacial score (nSPS) is 14.0. The molecule has 0 fully saturated rings. The Labute approximate surface area is 173 Å². The Kier molecular flexibility index (Phi) is 7.68. The molecule has 0 bridgehead atoms. The lowest BCUT2D eigenvalue weighted by Crippen LogP contribution is -2.43. The van der Waals surface area contributed by atoms with E-state index in [1.807, 2.05) is 29.2 Å². The first-order valence-corrected chi connectivity index (χ1v) is 10.6. The van der Waals surface area contributed by atoms with Gasteiger partial charge in [-0.1, -0.05) is 61.5 Å². The summed E-state index contributed by atoms with van der Waals surface area (Å²) in [4.78, 5) is 26.6. The number of nitrogens with zero attached hydrogens (tertiary/aromatic N) is 1. The molecule has 0 spiro atoms. The zero-order chi connectivity index (χ0) is 20.5. The van der Waals surface area contributed by atoms with E-state index in [0.29, 0.717) is 25.9 Å². The Hall–Kier alpha value is -2.82. The SMILES string of the molecule is CCC(Cc1ccccc1)NC(=O)NCCCC(=O)N1CCc2ccccc2C1. The third-order valence-corrected chi connectivity index (χ3v) is 5.49. The molecule has 1 atom stereocenters. The van der Waals surface area contributed by atoms with Crippen molar-refractivity contribution in [2.45, 2.75) is 51.6 Å². The quantitative estimate of drug-likeness (QED) is 0.672. The zero-order valence-electron chi connectivity index (χ0n) is 17.2. The highest BCUT2D eigenvalue weighted by molar-refractivity contribution is 5.77. The number of amides is 3. The zero-order valence-corrected chi connectivity index (χ0v) is 17.2. The lowest BCUT2D eigenvalue weighted by Gasteiger charge is -2.29. The van der Waals surface area contributed by atoms with Crippen LogP contribution in [0.5, 0.6) is 0 Å². The van der Waals surface area contributed by atoms with E-state index in [-0.39, 0.29) is 18.0 Å². The molecule has 0 aliphatic carbocycles. The van der Waals surface area contributed by atoms with E-state index in [1.54, 1.807) is 0 Å². The number of rotatable bonds is 8. The maximum Gasteiger partial charge on any atom is 0.315 e. The van der Waals surface area contributed by atoms with Crippen molar-refractivity contribution in [1.82, 2.24) is 15.5 Å². The van der Waals surface area contributed by atoms with Crippen molar-refractivity contribution < 1.29 is 9.59 Å². The summed E-state index contributed by atoms with van der Waals surface area (Å²) < 4.78 is 0. The number of fused-ring (bicyclic) bond motifs is 1. The first-order valence-electron chi connectivity index (χ1n) is 10.6. The summed E-state index contributed by atoms with van der Waals surface area (Å²) >= 11 is 0. The van der Waals surface area contributed by atoms with E-state index in [2.05, 4.69) is 47.9 Å². The number of carbonyl (C=O) groups excluding carboxylic acids is 2. The third-order valence-electron chi connectivity index (χ3n) is 5.49. The van der Waals surface area contributed by atoms with Crippen LogP contribution in [0, 0.1) is 0 Å². The van der Waals surface area contributed by atoms with E-state index in [4.69, 9.17) is 0 Å². The summed E-state index contributed by atoms with van der Waals surface area (Å²) in [5.41, 5.74) is 3.80. The smallest absolute Gasteiger partial charge is 0.315 e. The van der Waals surface area contributed by atoms with Gasteiger partial charge in [0.1, 0.15) is 0 Å². The fourth-order valence-corrected chi connectivity index (χ4v) is 3.74. The van der Waals surface area contributed by atoms with Gasteiger partial charge < -0.3 is 15.5 Å². The van der Waals surface area contributed by atoms with Gasteiger partial charge in [0.25, 0.3) is 0 Å². The molecule has 0 saturated carbocycles. The maximum atomic E-state index is 12.5. The van der Waals surface area contributed by atoms with Crippen LogP contribution in [0.4, 0.5) is 4.79 Å². The second-order valence-corrected chi connectivity index (χ2v) is 7.63. The van der Waals surface area contributed by atoms with Gasteiger partial charge in [0.05, 0.1) is 0 Å². The number of hydrogen-bond acceptors (Lipinski definition) is 2. The number of nitrogens with one attached hydrogen (secondary N) is 2. The Morgan fingerprint density at radius 3 is 2.52 bits per heavy atom. The Balaban J connectivity index is 1.34. The Bertz CT molecular complexity index is 807. The van der Waals surface area contributed by atoms with E-state index in [0.717, 1.165) is 25.8 Å². The highest BCUT2D eigenvalue weighted by Gasteiger charge is 2.19. The molecule has 1 aliphatic rings. The fourth-order valence-electron chi connectivity index (χ4n) is 3.74. The molecule has 1 aliphatic heterocycles. The van der Waals surface area contributed by atoms with Crippen molar-refractivity contribution >= 4 is 11.9 Å². The highest BCUT2D eigenvalue weighted by Crippen LogP contribution is 2.19. The van der Waals surface area contributed by atoms with Crippen LogP contribution in [-0.4, -0.2) is 36.0 Å². The fraction of sp³-hybridized carbons (Fsp3) is 0.417. The number of benzene rings is 2. The number of hydrogen-bond donors (Lipinski definition) is 2. The van der Waals surface area contributed by atoms with Gasteiger partial charge in [-0.05, 0) is 42.4 Å². The van der Waals surface area contributed by atoms with Gasteiger partial charge in [0.15, 0.2) is 0 Å². The average Bonchev–Trinajstić information content (AvgIpc) is 2.76. The van der Waals surface area contributed by atoms with Crippen LogP contribution in [0.2, 0.25) is 0 Å². The molecule has 154 valence electrons. The van der Waals surface area contributed by atoms with E-state index in [1.165, 1.54) is 16.7 Å². The van der Waals surface area contributed by atoms with Crippen molar-refractivity contribution in [3.63, 3.8) is 0 Å². The molecule has 1 unspecified atom stereocenters. The first kappa shape index (κ1) is 20.9. The molecular weight excluding hydrogens is 362 g/mol. The topological polar surface area (TPSA) is 61.4 Å². The van der Waals surface area contributed by atoms with Gasteiger partial charge in [0.2, 0.25) is 5.91 Å². The van der Waals surface area contributed by atoms with E-state index in [9.17, 15) is 9.59 Å². The van der Waals surface area contributed by atoms with Gasteiger partial charge in [0, 0.05) is 32.1 Å². The molecule has 5 nitrogen and oxygen atoms in total. The summed E-state index contributed by atoms with van der Waals surface area (Å²) in [6, 6.07) is 18.4. The molecule has 29 heavy (non-hydrogen) atoms. The first-order chi connectivity index (χ1) is 14.2. The summed E-state index contributed by atoms with van der Waals surface area (Å²) in [6.07, 6.45) is 3.73. The predicted octanol–water partition coefficient (Wildman–Crippen LogP) is 3.67. The third kappa shape index (κ3) is 6.34. The molecule has 2 aromatic carbocycles. The second kappa shape index (κ2) is 10.6. The summed E-state index contributed by atoms with van der Waals surface area (Å²) in [6.45, 7) is 4.05. The van der Waals surface area contributed by atoms with E-state index < -0.39 is 0 Å². The maximum absolute atomic E-state index is 12.5. The molecule has 3 amide bonds. The summed E-state index contributed by atoms with van der Waals surface area (Å²) in [7, 11) is 0. The molecule has 0 saturated heterocycles. The minimum atomic E-state index is -0.160. The highest BCUT2D eigenvalue weighted by atomic mass is 16.2. The molecular formula is C24H31N3O2. The average molecular weight is 394 g/mol. The second-order valence-electron chi connectivity index (χ2n) is 7.63. The van der Waals surface area contributed by atoms with Crippen LogP contribution in [-0.2, 0) is 24.2 Å².